The van der Waals surface area contributed by atoms with Gasteiger partial charge in [-0.1, -0.05) is 357 Å². The summed E-state index contributed by atoms with van der Waals surface area (Å²) in [4.78, 5) is 38.2. The summed E-state index contributed by atoms with van der Waals surface area (Å²) in [5.74, 6) is -0.871. The molecule has 0 aromatic rings. The zero-order valence-electron chi connectivity index (χ0n) is 54.8. The van der Waals surface area contributed by atoms with Crippen LogP contribution >= 0.6 is 0 Å². The predicted molar refractivity (Wildman–Crippen MR) is 358 cm³/mol. The molecule has 476 valence electrons. The molecule has 0 saturated carbocycles. The summed E-state index contributed by atoms with van der Waals surface area (Å²) in [6.07, 6.45) is 92.6. The highest BCUT2D eigenvalue weighted by Gasteiger charge is 2.19. The first-order chi connectivity index (χ1) is 40.5. The van der Waals surface area contributed by atoms with Crippen molar-refractivity contribution in [2.75, 3.05) is 13.2 Å². The Kier molecular flexibility index (Phi) is 67.6. The van der Waals surface area contributed by atoms with Gasteiger partial charge in [-0.15, -0.1) is 0 Å². The Morgan fingerprint density at radius 1 is 0.256 bits per heavy atom. The van der Waals surface area contributed by atoms with Gasteiger partial charge in [0.2, 0.25) is 0 Å². The molecule has 0 N–H and O–H groups in total. The average Bonchev–Trinajstić information content (AvgIpc) is 3.48. The first-order valence-corrected chi connectivity index (χ1v) is 35.9. The van der Waals surface area contributed by atoms with Crippen LogP contribution in [0.1, 0.15) is 374 Å². The van der Waals surface area contributed by atoms with Gasteiger partial charge in [0.05, 0.1) is 0 Å². The van der Waals surface area contributed by atoms with Crippen LogP contribution in [0.3, 0.4) is 0 Å². The summed E-state index contributed by atoms with van der Waals surface area (Å²) < 4.78 is 16.9. The predicted octanol–water partition coefficient (Wildman–Crippen LogP) is 24.8. The van der Waals surface area contributed by atoms with E-state index in [2.05, 4.69) is 93.7 Å². The lowest BCUT2D eigenvalue weighted by molar-refractivity contribution is -0.167. The standard InChI is InChI=1S/C76H136O6/c1-4-7-10-13-16-18-20-22-24-26-28-30-32-34-36-37-38-40-41-43-45-47-49-51-53-55-57-60-63-66-69-75(78)81-72-73(71-80-74(77)68-65-62-59-15-12-9-6-3)82-76(79)70-67-64-61-58-56-54-52-50-48-46-44-42-39-35-33-31-29-27-25-23-21-19-17-14-11-8-5-2/h8,11,17,19,23,25,29,31,35,39,44,46,73H,4-7,9-10,12-16,18,20-22,24,26-28,30,32-34,36-38,40-43,45,47-72H2,1-3H3/b11-8-,19-17-,25-23-,31-29-,39-35-,46-44-. The molecule has 0 heterocycles. The smallest absolute Gasteiger partial charge is 0.306 e. The monoisotopic (exact) mass is 1150 g/mol. The summed E-state index contributed by atoms with van der Waals surface area (Å²) >= 11 is 0. The fraction of sp³-hybridized carbons (Fsp3) is 0.803. The highest BCUT2D eigenvalue weighted by Crippen LogP contribution is 2.18. The Morgan fingerprint density at radius 2 is 0.476 bits per heavy atom. The molecule has 82 heavy (non-hydrogen) atoms. The van der Waals surface area contributed by atoms with Crippen molar-refractivity contribution in [3.05, 3.63) is 72.9 Å². The van der Waals surface area contributed by atoms with Crippen molar-refractivity contribution in [1.82, 2.24) is 0 Å². The van der Waals surface area contributed by atoms with E-state index in [9.17, 15) is 14.4 Å². The number of ether oxygens (including phenoxy) is 3. The molecule has 0 rings (SSSR count). The number of allylic oxidation sites excluding steroid dienone is 12. The third-order valence-electron chi connectivity index (χ3n) is 16.0. The van der Waals surface area contributed by atoms with Crippen LogP contribution in [0.25, 0.3) is 0 Å². The topological polar surface area (TPSA) is 78.9 Å². The molecule has 0 spiro atoms. The van der Waals surface area contributed by atoms with Gasteiger partial charge in [-0.2, -0.15) is 0 Å². The number of carbonyl (C=O) groups is 3. The van der Waals surface area contributed by atoms with E-state index in [4.69, 9.17) is 14.2 Å². The van der Waals surface area contributed by atoms with Crippen LogP contribution in [-0.4, -0.2) is 37.2 Å². The molecule has 0 aliphatic rings. The molecule has 0 amide bonds. The van der Waals surface area contributed by atoms with Crippen molar-refractivity contribution < 1.29 is 28.6 Å². The molecular formula is C76H136O6. The van der Waals surface area contributed by atoms with Gasteiger partial charge < -0.3 is 14.2 Å². The quantitative estimate of drug-likeness (QED) is 0.0261. The maximum atomic E-state index is 12.9. The second-order valence-corrected chi connectivity index (χ2v) is 24.1. The summed E-state index contributed by atoms with van der Waals surface area (Å²) in [5.41, 5.74) is 0. The van der Waals surface area contributed by atoms with Crippen LogP contribution in [0.2, 0.25) is 0 Å². The van der Waals surface area contributed by atoms with E-state index in [1.165, 1.54) is 231 Å². The third-order valence-corrected chi connectivity index (χ3v) is 16.0. The van der Waals surface area contributed by atoms with Crippen molar-refractivity contribution in [3.63, 3.8) is 0 Å². The van der Waals surface area contributed by atoms with E-state index in [-0.39, 0.29) is 31.1 Å². The van der Waals surface area contributed by atoms with E-state index in [1.807, 2.05) is 0 Å². The number of hydrogen-bond acceptors (Lipinski definition) is 6. The van der Waals surface area contributed by atoms with Gasteiger partial charge in [-0.25, -0.2) is 0 Å². The van der Waals surface area contributed by atoms with E-state index in [0.717, 1.165) is 103 Å². The van der Waals surface area contributed by atoms with Crippen LogP contribution in [0.5, 0.6) is 0 Å². The minimum Gasteiger partial charge on any atom is -0.462 e. The lowest BCUT2D eigenvalue weighted by Gasteiger charge is -2.18. The SMILES string of the molecule is CC/C=C\C/C=C\C/C=C\C/C=C\C/C=C\C/C=C\CCCCCCCCCCC(=O)OC(COC(=O)CCCCCCCCC)COC(=O)CCCCCCCCCCCCCCCCCCCCCCCCCCCCCCCC. The lowest BCUT2D eigenvalue weighted by atomic mass is 10.0. The Morgan fingerprint density at radius 3 is 0.744 bits per heavy atom. The molecule has 0 aromatic carbocycles. The van der Waals surface area contributed by atoms with Gasteiger partial charge in [-0.05, 0) is 70.6 Å². The van der Waals surface area contributed by atoms with Gasteiger partial charge in [0, 0.05) is 19.3 Å². The minimum absolute atomic E-state index is 0.0744. The Labute approximate surface area is 510 Å². The maximum absolute atomic E-state index is 12.9. The van der Waals surface area contributed by atoms with Crippen LogP contribution in [-0.2, 0) is 28.6 Å². The largest absolute Gasteiger partial charge is 0.462 e. The maximum Gasteiger partial charge on any atom is 0.306 e. The summed E-state index contributed by atoms with van der Waals surface area (Å²) in [5, 5.41) is 0. The zero-order valence-corrected chi connectivity index (χ0v) is 54.8. The van der Waals surface area contributed by atoms with Crippen molar-refractivity contribution in [2.24, 2.45) is 0 Å². The van der Waals surface area contributed by atoms with Gasteiger partial charge in [-0.3, -0.25) is 14.4 Å². The summed E-state index contributed by atoms with van der Waals surface area (Å²) in [7, 11) is 0. The van der Waals surface area contributed by atoms with Gasteiger partial charge >= 0.3 is 17.9 Å². The molecule has 0 bridgehead atoms. The Balaban J connectivity index is 4.05. The molecule has 0 radical (unpaired) electrons. The number of unbranched alkanes of at least 4 members (excludes halogenated alkanes) is 43. The second-order valence-electron chi connectivity index (χ2n) is 24.1. The lowest BCUT2D eigenvalue weighted by Crippen LogP contribution is -2.30. The Bertz CT molecular complexity index is 1500. The minimum atomic E-state index is -0.777. The van der Waals surface area contributed by atoms with Crippen LogP contribution in [0.4, 0.5) is 0 Å². The van der Waals surface area contributed by atoms with E-state index in [0.29, 0.717) is 19.3 Å². The molecule has 0 saturated heterocycles. The normalized spacial score (nSPS) is 12.5. The van der Waals surface area contributed by atoms with Gasteiger partial charge in [0.1, 0.15) is 13.2 Å². The molecule has 0 aliphatic heterocycles. The van der Waals surface area contributed by atoms with Crippen molar-refractivity contribution >= 4 is 17.9 Å². The van der Waals surface area contributed by atoms with Crippen molar-refractivity contribution in [1.29, 1.82) is 0 Å². The number of hydrogen-bond donors (Lipinski definition) is 0. The van der Waals surface area contributed by atoms with Crippen molar-refractivity contribution in [3.8, 4) is 0 Å². The second kappa shape index (κ2) is 70.3. The Hall–Kier alpha value is -3.15. The molecule has 0 aromatic heterocycles. The van der Waals surface area contributed by atoms with Crippen LogP contribution < -0.4 is 0 Å². The van der Waals surface area contributed by atoms with Crippen LogP contribution in [0.15, 0.2) is 72.9 Å². The van der Waals surface area contributed by atoms with E-state index < -0.39 is 6.10 Å². The number of carbonyl (C=O) groups excluding carboxylic acids is 3. The first kappa shape index (κ1) is 78.8. The molecule has 1 atom stereocenters. The fourth-order valence-corrected chi connectivity index (χ4v) is 10.6. The zero-order chi connectivity index (χ0) is 59.2. The first-order valence-electron chi connectivity index (χ1n) is 35.9. The molecule has 0 fully saturated rings. The average molecular weight is 1150 g/mol. The number of esters is 3. The highest BCUT2D eigenvalue weighted by molar-refractivity contribution is 5.71. The van der Waals surface area contributed by atoms with Gasteiger partial charge in [0.25, 0.3) is 0 Å². The molecule has 6 heteroatoms. The molecule has 0 aliphatic carbocycles. The molecule has 1 unspecified atom stereocenters. The third kappa shape index (κ3) is 67.6. The van der Waals surface area contributed by atoms with Crippen LogP contribution in [0, 0.1) is 0 Å². The van der Waals surface area contributed by atoms with Gasteiger partial charge in [0.15, 0.2) is 6.10 Å². The highest BCUT2D eigenvalue weighted by atomic mass is 16.6. The summed E-state index contributed by atoms with van der Waals surface area (Å²) in [6, 6.07) is 0. The fourth-order valence-electron chi connectivity index (χ4n) is 10.6. The summed E-state index contributed by atoms with van der Waals surface area (Å²) in [6.45, 7) is 6.53. The van der Waals surface area contributed by atoms with E-state index >= 15 is 0 Å². The molecule has 6 nitrogen and oxygen atoms in total. The molecular weight excluding hydrogens is 1010 g/mol. The van der Waals surface area contributed by atoms with Crippen molar-refractivity contribution in [2.45, 2.75) is 380 Å². The number of rotatable bonds is 66. The van der Waals surface area contributed by atoms with E-state index in [1.54, 1.807) is 0 Å².